The standard InChI is InChI=1S/C11H18N4O/c1-2-9-14-10(5-11(16)15-9)13-6-7-3-8(12)4-7/h5,7-8H,2-4,6,12H2,1H3,(H2,13,14,15,16). The van der Waals surface area contributed by atoms with E-state index in [0.717, 1.165) is 31.6 Å². The van der Waals surface area contributed by atoms with Gasteiger partial charge in [0.25, 0.3) is 5.56 Å². The zero-order chi connectivity index (χ0) is 11.5. The number of anilines is 1. The lowest BCUT2D eigenvalue weighted by molar-refractivity contribution is 0.280. The summed E-state index contributed by atoms with van der Waals surface area (Å²) in [5, 5.41) is 3.20. The lowest BCUT2D eigenvalue weighted by Gasteiger charge is -2.32. The summed E-state index contributed by atoms with van der Waals surface area (Å²) in [6.45, 7) is 2.82. The van der Waals surface area contributed by atoms with Crippen LogP contribution in [0.4, 0.5) is 5.82 Å². The molecule has 2 rings (SSSR count). The minimum Gasteiger partial charge on any atom is -0.370 e. The van der Waals surface area contributed by atoms with Crippen molar-refractivity contribution in [1.82, 2.24) is 9.97 Å². The smallest absolute Gasteiger partial charge is 0.252 e. The molecular formula is C11H18N4O. The van der Waals surface area contributed by atoms with Crippen LogP contribution >= 0.6 is 0 Å². The molecule has 5 nitrogen and oxygen atoms in total. The predicted octanol–water partition coefficient (Wildman–Crippen LogP) is 0.481. The number of aromatic amines is 1. The molecule has 0 saturated heterocycles. The SMILES string of the molecule is CCc1nc(NCC2CC(N)C2)cc(=O)[nH]1. The highest BCUT2D eigenvalue weighted by atomic mass is 16.1. The second-order valence-corrected chi connectivity index (χ2v) is 4.41. The number of hydrogen-bond donors (Lipinski definition) is 3. The average Bonchev–Trinajstić information content (AvgIpc) is 2.22. The Kier molecular flexibility index (Phi) is 3.24. The number of hydrogen-bond acceptors (Lipinski definition) is 4. The fraction of sp³-hybridized carbons (Fsp3) is 0.636. The Morgan fingerprint density at radius 2 is 2.38 bits per heavy atom. The lowest BCUT2D eigenvalue weighted by atomic mass is 9.81. The summed E-state index contributed by atoms with van der Waals surface area (Å²) in [5.74, 6) is 2.02. The maximum atomic E-state index is 11.3. The van der Waals surface area contributed by atoms with E-state index >= 15 is 0 Å². The predicted molar refractivity (Wildman–Crippen MR) is 63.4 cm³/mol. The summed E-state index contributed by atoms with van der Waals surface area (Å²) in [7, 11) is 0. The Morgan fingerprint density at radius 3 is 3.00 bits per heavy atom. The van der Waals surface area contributed by atoms with Crippen LogP contribution in [0.25, 0.3) is 0 Å². The summed E-state index contributed by atoms with van der Waals surface area (Å²) in [5.41, 5.74) is 5.61. The van der Waals surface area contributed by atoms with Crippen molar-refractivity contribution in [3.8, 4) is 0 Å². The molecule has 0 radical (unpaired) electrons. The van der Waals surface area contributed by atoms with Gasteiger partial charge in [-0.15, -0.1) is 0 Å². The quantitative estimate of drug-likeness (QED) is 0.692. The van der Waals surface area contributed by atoms with Crippen LogP contribution in [0.1, 0.15) is 25.6 Å². The minimum atomic E-state index is -0.0975. The van der Waals surface area contributed by atoms with Gasteiger partial charge in [-0.25, -0.2) is 4.98 Å². The first-order chi connectivity index (χ1) is 7.67. The number of nitrogens with one attached hydrogen (secondary N) is 2. The van der Waals surface area contributed by atoms with E-state index in [0.29, 0.717) is 17.8 Å². The van der Waals surface area contributed by atoms with Crippen LogP contribution in [0, 0.1) is 5.92 Å². The van der Waals surface area contributed by atoms with Gasteiger partial charge in [-0.05, 0) is 18.8 Å². The van der Waals surface area contributed by atoms with Crippen molar-refractivity contribution in [2.24, 2.45) is 11.7 Å². The van der Waals surface area contributed by atoms with E-state index in [1.165, 1.54) is 6.07 Å². The van der Waals surface area contributed by atoms with Crippen molar-refractivity contribution < 1.29 is 0 Å². The molecule has 1 heterocycles. The van der Waals surface area contributed by atoms with Crippen LogP contribution in [0.2, 0.25) is 0 Å². The Morgan fingerprint density at radius 1 is 1.62 bits per heavy atom. The Hall–Kier alpha value is -1.36. The molecule has 4 N–H and O–H groups in total. The van der Waals surface area contributed by atoms with Gasteiger partial charge in [0.1, 0.15) is 11.6 Å². The molecule has 0 amide bonds. The molecular weight excluding hydrogens is 204 g/mol. The Labute approximate surface area is 94.5 Å². The second-order valence-electron chi connectivity index (χ2n) is 4.41. The second kappa shape index (κ2) is 4.65. The van der Waals surface area contributed by atoms with E-state index in [2.05, 4.69) is 15.3 Å². The monoisotopic (exact) mass is 222 g/mol. The van der Waals surface area contributed by atoms with E-state index in [1.54, 1.807) is 0 Å². The molecule has 0 bridgehead atoms. The van der Waals surface area contributed by atoms with Gasteiger partial charge in [-0.2, -0.15) is 0 Å². The molecule has 1 aliphatic rings. The zero-order valence-corrected chi connectivity index (χ0v) is 9.49. The van der Waals surface area contributed by atoms with Gasteiger partial charge < -0.3 is 16.0 Å². The molecule has 0 atom stereocenters. The summed E-state index contributed by atoms with van der Waals surface area (Å²) in [6, 6.07) is 1.86. The van der Waals surface area contributed by atoms with Crippen molar-refractivity contribution in [1.29, 1.82) is 0 Å². The molecule has 1 saturated carbocycles. The molecule has 1 aromatic heterocycles. The topological polar surface area (TPSA) is 83.8 Å². The van der Waals surface area contributed by atoms with Crippen molar-refractivity contribution in [3.63, 3.8) is 0 Å². The van der Waals surface area contributed by atoms with Gasteiger partial charge in [0, 0.05) is 25.1 Å². The van der Waals surface area contributed by atoms with Crippen LogP contribution in [0.5, 0.6) is 0 Å². The number of nitrogens with zero attached hydrogens (tertiary/aromatic N) is 1. The largest absolute Gasteiger partial charge is 0.370 e. The Balaban J connectivity index is 1.93. The van der Waals surface area contributed by atoms with Crippen molar-refractivity contribution in [2.45, 2.75) is 32.2 Å². The van der Waals surface area contributed by atoms with E-state index in [4.69, 9.17) is 5.73 Å². The van der Waals surface area contributed by atoms with Gasteiger partial charge in [0.2, 0.25) is 0 Å². The molecule has 0 unspecified atom stereocenters. The Bertz CT molecular complexity index is 409. The highest BCUT2D eigenvalue weighted by molar-refractivity contribution is 5.33. The molecule has 5 heteroatoms. The summed E-state index contributed by atoms with van der Waals surface area (Å²) in [6.07, 6.45) is 2.87. The first-order valence-corrected chi connectivity index (χ1v) is 5.77. The molecule has 0 spiro atoms. The van der Waals surface area contributed by atoms with Crippen LogP contribution in [0.3, 0.4) is 0 Å². The highest BCUT2D eigenvalue weighted by Crippen LogP contribution is 2.25. The van der Waals surface area contributed by atoms with Gasteiger partial charge in [0.15, 0.2) is 0 Å². The molecule has 16 heavy (non-hydrogen) atoms. The van der Waals surface area contributed by atoms with Crippen molar-refractivity contribution in [3.05, 3.63) is 22.2 Å². The molecule has 0 aromatic carbocycles. The van der Waals surface area contributed by atoms with E-state index in [-0.39, 0.29) is 5.56 Å². The van der Waals surface area contributed by atoms with Gasteiger partial charge in [-0.3, -0.25) is 4.79 Å². The van der Waals surface area contributed by atoms with E-state index in [9.17, 15) is 4.79 Å². The third-order valence-corrected chi connectivity index (χ3v) is 2.97. The van der Waals surface area contributed by atoms with Crippen LogP contribution in [-0.2, 0) is 6.42 Å². The molecule has 0 aliphatic heterocycles. The first-order valence-electron chi connectivity index (χ1n) is 5.77. The summed E-state index contributed by atoms with van der Waals surface area (Å²) < 4.78 is 0. The van der Waals surface area contributed by atoms with Crippen LogP contribution in [-0.4, -0.2) is 22.6 Å². The van der Waals surface area contributed by atoms with Gasteiger partial charge in [0.05, 0.1) is 0 Å². The third kappa shape index (κ3) is 2.61. The fourth-order valence-electron chi connectivity index (χ4n) is 1.97. The van der Waals surface area contributed by atoms with Gasteiger partial charge in [-0.1, -0.05) is 6.92 Å². The number of aromatic nitrogens is 2. The minimum absolute atomic E-state index is 0.0975. The van der Waals surface area contributed by atoms with E-state index < -0.39 is 0 Å². The van der Waals surface area contributed by atoms with Crippen molar-refractivity contribution >= 4 is 5.82 Å². The van der Waals surface area contributed by atoms with Crippen LogP contribution in [0.15, 0.2) is 10.9 Å². The maximum absolute atomic E-state index is 11.3. The normalized spacial score (nSPS) is 23.9. The molecule has 88 valence electrons. The highest BCUT2D eigenvalue weighted by Gasteiger charge is 2.25. The number of aryl methyl sites for hydroxylation is 1. The fourth-order valence-corrected chi connectivity index (χ4v) is 1.97. The molecule has 1 fully saturated rings. The lowest BCUT2D eigenvalue weighted by Crippen LogP contribution is -2.39. The van der Waals surface area contributed by atoms with E-state index in [1.807, 2.05) is 6.92 Å². The third-order valence-electron chi connectivity index (χ3n) is 2.97. The number of nitrogens with two attached hydrogens (primary N) is 1. The zero-order valence-electron chi connectivity index (χ0n) is 9.49. The summed E-state index contributed by atoms with van der Waals surface area (Å²) in [4.78, 5) is 18.3. The molecule has 1 aromatic rings. The number of rotatable bonds is 4. The maximum Gasteiger partial charge on any atom is 0.252 e. The first kappa shape index (κ1) is 11.1. The number of H-pyrrole nitrogens is 1. The van der Waals surface area contributed by atoms with Crippen molar-refractivity contribution in [2.75, 3.05) is 11.9 Å². The molecule has 1 aliphatic carbocycles. The average molecular weight is 222 g/mol. The van der Waals surface area contributed by atoms with Crippen LogP contribution < -0.4 is 16.6 Å². The summed E-state index contributed by atoms with van der Waals surface area (Å²) >= 11 is 0. The van der Waals surface area contributed by atoms with Gasteiger partial charge >= 0.3 is 0 Å².